The number of pyridine rings is 1. The summed E-state index contributed by atoms with van der Waals surface area (Å²) < 4.78 is 9.05. The normalized spacial score (nSPS) is 11.8. The Balaban J connectivity index is 0.00000222. The van der Waals surface area contributed by atoms with Crippen molar-refractivity contribution in [2.45, 2.75) is 66.0 Å². The van der Waals surface area contributed by atoms with Gasteiger partial charge in [-0.2, -0.15) is 4.98 Å². The third-order valence-electron chi connectivity index (χ3n) is 4.95. The number of ether oxygens (including phenoxy) is 1. The van der Waals surface area contributed by atoms with E-state index in [1.165, 1.54) is 6.07 Å². The molecule has 3 aromatic rings. The molecule has 1 atom stereocenters. The van der Waals surface area contributed by atoms with Crippen LogP contribution in [0.2, 0.25) is 0 Å². The first-order valence-corrected chi connectivity index (χ1v) is 12.8. The van der Waals surface area contributed by atoms with Gasteiger partial charge in [0.2, 0.25) is 11.8 Å². The predicted molar refractivity (Wildman–Crippen MR) is 147 cm³/mol. The fourth-order valence-electron chi connectivity index (χ4n) is 3.62. The van der Waals surface area contributed by atoms with Gasteiger partial charge in [-0.05, 0) is 48.9 Å². The molecule has 0 bridgehead atoms. The third kappa shape index (κ3) is 8.80. The zero-order chi connectivity index (χ0) is 26.9. The Kier molecular flexibility index (Phi) is 10.7. The van der Waals surface area contributed by atoms with Gasteiger partial charge in [-0.1, -0.05) is 58.9 Å². The van der Waals surface area contributed by atoms with E-state index in [9.17, 15) is 9.90 Å². The number of aromatic carboxylic acids is 1. The first-order valence-electron chi connectivity index (χ1n) is 12.0. The molecule has 0 fully saturated rings. The monoisotopic (exact) mass is 511 g/mol. The molecule has 0 saturated carbocycles. The van der Waals surface area contributed by atoms with Gasteiger partial charge in [0.25, 0.3) is 0 Å². The smallest absolute Gasteiger partial charge is 0.354 e. The number of hydrogen-bond donors (Lipinski definition) is 3. The summed E-state index contributed by atoms with van der Waals surface area (Å²) in [5, 5.41) is 9.66. The Labute approximate surface area is 218 Å². The number of carboxylic acid groups (broad SMARTS) is 1. The molecule has 4 N–H and O–H groups in total. The maximum Gasteiger partial charge on any atom is 0.354 e. The lowest BCUT2D eigenvalue weighted by Crippen LogP contribution is -2.32. The summed E-state index contributed by atoms with van der Waals surface area (Å²) in [4.78, 5) is 24.5. The van der Waals surface area contributed by atoms with Gasteiger partial charge in [-0.25, -0.2) is 14.8 Å². The Bertz CT molecular complexity index is 1140. The van der Waals surface area contributed by atoms with E-state index in [1.807, 2.05) is 52.0 Å². The molecule has 36 heavy (non-hydrogen) atoms. The maximum atomic E-state index is 11.2. The summed E-state index contributed by atoms with van der Waals surface area (Å²) in [6.45, 7) is 14.8. The van der Waals surface area contributed by atoms with E-state index in [1.54, 1.807) is 12.1 Å². The van der Waals surface area contributed by atoms with Crippen LogP contribution in [0.15, 0.2) is 47.5 Å². The molecule has 0 aliphatic rings. The number of aromatic nitrogens is 3. The molecule has 194 valence electrons. The fourth-order valence-corrected chi connectivity index (χ4v) is 4.20. The van der Waals surface area contributed by atoms with Crippen LogP contribution < -0.4 is 15.2 Å². The third-order valence-corrected chi connectivity index (χ3v) is 5.67. The molecule has 0 aliphatic carbocycles. The molecule has 8 nitrogen and oxygen atoms in total. The highest BCUT2D eigenvalue weighted by Crippen LogP contribution is 2.30. The molecule has 2 heterocycles. The second-order valence-corrected chi connectivity index (χ2v) is 10.2. The van der Waals surface area contributed by atoms with Crippen LogP contribution >= 0.6 is 11.9 Å². The van der Waals surface area contributed by atoms with Crippen molar-refractivity contribution < 1.29 is 14.6 Å². The average molecular weight is 512 g/mol. The summed E-state index contributed by atoms with van der Waals surface area (Å²) in [6, 6.07) is 12.6. The minimum atomic E-state index is -1.09. The lowest BCUT2D eigenvalue weighted by molar-refractivity contribution is 0.0689. The Hall–Kier alpha value is -3.17. The van der Waals surface area contributed by atoms with E-state index in [4.69, 9.17) is 10.5 Å². The number of carbonyl (C=O) groups is 1. The number of hydrogen-bond acceptors (Lipinski definition) is 8. The summed E-state index contributed by atoms with van der Waals surface area (Å²) in [5.74, 6) is -0.350. The van der Waals surface area contributed by atoms with E-state index in [0.717, 1.165) is 40.8 Å². The van der Waals surface area contributed by atoms with Gasteiger partial charge in [-0.3, -0.25) is 4.72 Å². The zero-order valence-corrected chi connectivity index (χ0v) is 22.9. The molecule has 2 aromatic heterocycles. The highest BCUT2D eigenvalue weighted by molar-refractivity contribution is 8.00. The number of benzene rings is 1. The van der Waals surface area contributed by atoms with Crippen molar-refractivity contribution in [2.75, 3.05) is 11.3 Å². The molecule has 0 saturated heterocycles. The van der Waals surface area contributed by atoms with E-state index in [0.29, 0.717) is 23.5 Å². The van der Waals surface area contributed by atoms with Crippen molar-refractivity contribution in [1.29, 1.82) is 0 Å². The van der Waals surface area contributed by atoms with Crippen LogP contribution in [-0.2, 0) is 0 Å². The van der Waals surface area contributed by atoms with Gasteiger partial charge in [0, 0.05) is 29.6 Å². The van der Waals surface area contributed by atoms with Crippen LogP contribution in [0.4, 0.5) is 5.95 Å². The lowest BCUT2D eigenvalue weighted by Gasteiger charge is -2.23. The number of nitrogens with two attached hydrogens (primary N) is 1. The fraction of sp³-hybridized carbons (Fsp3) is 0.407. The van der Waals surface area contributed by atoms with Crippen molar-refractivity contribution in [1.82, 2.24) is 15.0 Å². The minimum Gasteiger partial charge on any atom is -0.477 e. The van der Waals surface area contributed by atoms with E-state index in [2.05, 4.69) is 40.4 Å². The second-order valence-electron chi connectivity index (χ2n) is 9.39. The maximum absolute atomic E-state index is 11.2. The van der Waals surface area contributed by atoms with Gasteiger partial charge in [0.1, 0.15) is 17.3 Å². The zero-order valence-electron chi connectivity index (χ0n) is 22.1. The Morgan fingerprint density at radius 1 is 1.08 bits per heavy atom. The highest BCUT2D eigenvalue weighted by Gasteiger charge is 2.18. The highest BCUT2D eigenvalue weighted by atomic mass is 32.2. The van der Waals surface area contributed by atoms with E-state index in [-0.39, 0.29) is 17.2 Å². The van der Waals surface area contributed by atoms with Crippen LogP contribution in [-0.4, -0.2) is 38.7 Å². The first kappa shape index (κ1) is 29.1. The Morgan fingerprint density at radius 2 is 1.72 bits per heavy atom. The van der Waals surface area contributed by atoms with Crippen LogP contribution in [0.3, 0.4) is 0 Å². The van der Waals surface area contributed by atoms with Gasteiger partial charge in [0.05, 0.1) is 5.69 Å². The number of carboxylic acids is 1. The summed E-state index contributed by atoms with van der Waals surface area (Å²) in [6.07, 6.45) is 0.814. The summed E-state index contributed by atoms with van der Waals surface area (Å²) in [5.41, 5.74) is 10.2. The van der Waals surface area contributed by atoms with Crippen molar-refractivity contribution in [3.8, 4) is 17.1 Å². The molecule has 0 amide bonds. The predicted octanol–water partition coefficient (Wildman–Crippen LogP) is 6.14. The average Bonchev–Trinajstić information content (AvgIpc) is 2.82. The van der Waals surface area contributed by atoms with Crippen molar-refractivity contribution in [2.24, 2.45) is 11.1 Å². The SMILES string of the molecule is CC.Cc1cccc(C)c1-c1cc(OCC(N)CC(C)(C)C)nc(NSc2cccc(C(=O)O)n2)n1. The molecular formula is C27H37N5O3S. The van der Waals surface area contributed by atoms with Gasteiger partial charge in [-0.15, -0.1) is 0 Å². The second kappa shape index (κ2) is 13.2. The van der Waals surface area contributed by atoms with Crippen molar-refractivity contribution in [3.63, 3.8) is 0 Å². The van der Waals surface area contributed by atoms with Crippen molar-refractivity contribution in [3.05, 3.63) is 59.3 Å². The van der Waals surface area contributed by atoms with Gasteiger partial charge >= 0.3 is 5.97 Å². The van der Waals surface area contributed by atoms with Crippen LogP contribution in [0.1, 0.15) is 62.7 Å². The first-order chi connectivity index (χ1) is 17.0. The van der Waals surface area contributed by atoms with Gasteiger partial charge in [0.15, 0.2) is 0 Å². The van der Waals surface area contributed by atoms with Gasteiger partial charge < -0.3 is 15.6 Å². The van der Waals surface area contributed by atoms with E-state index < -0.39 is 5.97 Å². The van der Waals surface area contributed by atoms with E-state index >= 15 is 0 Å². The van der Waals surface area contributed by atoms with Crippen molar-refractivity contribution >= 4 is 23.9 Å². The number of rotatable bonds is 9. The number of nitrogens with zero attached hydrogens (tertiary/aromatic N) is 3. The number of aryl methyl sites for hydroxylation is 2. The van der Waals surface area contributed by atoms with Crippen LogP contribution in [0, 0.1) is 19.3 Å². The number of anilines is 1. The quantitative estimate of drug-likeness (QED) is 0.291. The largest absolute Gasteiger partial charge is 0.477 e. The summed E-state index contributed by atoms with van der Waals surface area (Å²) >= 11 is 1.13. The Morgan fingerprint density at radius 3 is 2.33 bits per heavy atom. The molecular weight excluding hydrogens is 474 g/mol. The standard InChI is InChI=1S/C25H31N5O3S.C2H6/c1-15-8-6-9-16(2)22(15)19-12-20(33-14-17(26)13-25(3,4)5)29-24(28-19)30-34-21-11-7-10-18(27-21)23(31)32;1-2/h6-12,17H,13-14,26H2,1-5H3,(H,31,32)(H,28,29,30);1-2H3. The molecule has 3 rings (SSSR count). The summed E-state index contributed by atoms with van der Waals surface area (Å²) in [7, 11) is 0. The lowest BCUT2D eigenvalue weighted by atomic mass is 9.89. The molecule has 1 aromatic carbocycles. The number of nitrogens with one attached hydrogen (secondary N) is 1. The molecule has 1 unspecified atom stereocenters. The minimum absolute atomic E-state index is 0.0335. The molecule has 9 heteroatoms. The van der Waals surface area contributed by atoms with Crippen LogP contribution in [0.25, 0.3) is 11.3 Å². The molecule has 0 radical (unpaired) electrons. The molecule has 0 spiro atoms. The van der Waals surface area contributed by atoms with Crippen LogP contribution in [0.5, 0.6) is 5.88 Å². The topological polar surface area (TPSA) is 123 Å². The molecule has 0 aliphatic heterocycles.